The van der Waals surface area contributed by atoms with Gasteiger partial charge in [-0.25, -0.2) is 0 Å². The van der Waals surface area contributed by atoms with Gasteiger partial charge in [0, 0.05) is 17.6 Å². The lowest BCUT2D eigenvalue weighted by Gasteiger charge is -2.22. The Hall–Kier alpha value is -3.06. The highest BCUT2D eigenvalue weighted by molar-refractivity contribution is 8.16. The molecule has 0 saturated heterocycles. The van der Waals surface area contributed by atoms with E-state index in [4.69, 9.17) is 10.1 Å². The lowest BCUT2D eigenvalue weighted by molar-refractivity contribution is -0.114. The van der Waals surface area contributed by atoms with Crippen molar-refractivity contribution in [2.75, 3.05) is 6.61 Å². The van der Waals surface area contributed by atoms with Gasteiger partial charge in [-0.3, -0.25) is 15.1 Å². The SMILES string of the molecule is CCOc1ccccc1-n1c(C)cc(C=C2C(=N)N3C=CSC3=NC2=O)c1C. The standard InChI is InChI=1S/C21H20N4O2S/c1-4-27-18-8-6-5-7-17(18)25-13(2)11-15(14(25)3)12-16-19(22)24-9-10-28-21(24)23-20(16)26/h5-12,22H,4H2,1-3H3. The molecular formula is C21H20N4O2S. The Morgan fingerprint density at radius 2 is 2.07 bits per heavy atom. The molecule has 7 heteroatoms. The van der Waals surface area contributed by atoms with Gasteiger partial charge in [-0.15, -0.1) is 0 Å². The molecule has 0 spiro atoms. The molecule has 2 aromatic rings. The first-order chi connectivity index (χ1) is 13.5. The monoisotopic (exact) mass is 392 g/mol. The zero-order chi connectivity index (χ0) is 19.8. The van der Waals surface area contributed by atoms with Gasteiger partial charge in [0.25, 0.3) is 5.91 Å². The molecule has 2 aliphatic heterocycles. The van der Waals surface area contributed by atoms with Crippen LogP contribution in [0.3, 0.4) is 0 Å². The Balaban J connectivity index is 1.79. The molecule has 0 aliphatic carbocycles. The van der Waals surface area contributed by atoms with Crippen LogP contribution in [0, 0.1) is 19.3 Å². The molecule has 0 unspecified atom stereocenters. The highest BCUT2D eigenvalue weighted by atomic mass is 32.2. The smallest absolute Gasteiger partial charge is 0.283 e. The summed E-state index contributed by atoms with van der Waals surface area (Å²) in [5, 5.41) is 10.8. The molecule has 0 saturated carbocycles. The summed E-state index contributed by atoms with van der Waals surface area (Å²) >= 11 is 1.34. The van der Waals surface area contributed by atoms with Crippen LogP contribution in [-0.2, 0) is 4.79 Å². The second-order valence-corrected chi connectivity index (χ2v) is 7.31. The van der Waals surface area contributed by atoms with Crippen molar-refractivity contribution < 1.29 is 9.53 Å². The minimum absolute atomic E-state index is 0.149. The van der Waals surface area contributed by atoms with E-state index in [-0.39, 0.29) is 17.3 Å². The second-order valence-electron chi connectivity index (χ2n) is 6.44. The molecule has 1 N–H and O–H groups in total. The maximum absolute atomic E-state index is 12.5. The fourth-order valence-electron chi connectivity index (χ4n) is 3.41. The molecule has 0 fully saturated rings. The summed E-state index contributed by atoms with van der Waals surface area (Å²) in [6.07, 6.45) is 3.51. The van der Waals surface area contributed by atoms with Crippen molar-refractivity contribution in [2.45, 2.75) is 20.8 Å². The van der Waals surface area contributed by atoms with Gasteiger partial charge in [0.05, 0.1) is 17.9 Å². The molecule has 0 atom stereocenters. The number of aryl methyl sites for hydroxylation is 1. The molecule has 2 aliphatic rings. The molecule has 142 valence electrons. The van der Waals surface area contributed by atoms with Gasteiger partial charge in [0.15, 0.2) is 5.17 Å². The average molecular weight is 392 g/mol. The molecule has 1 aromatic heterocycles. The van der Waals surface area contributed by atoms with Crippen molar-refractivity contribution in [3.05, 3.63) is 64.5 Å². The summed E-state index contributed by atoms with van der Waals surface area (Å²) in [6.45, 7) is 6.56. The molecule has 0 radical (unpaired) electrons. The van der Waals surface area contributed by atoms with Gasteiger partial charge < -0.3 is 9.30 Å². The van der Waals surface area contributed by atoms with E-state index in [1.54, 1.807) is 17.2 Å². The van der Waals surface area contributed by atoms with Gasteiger partial charge >= 0.3 is 0 Å². The first kappa shape index (κ1) is 18.3. The van der Waals surface area contributed by atoms with Crippen molar-refractivity contribution in [1.29, 1.82) is 5.41 Å². The summed E-state index contributed by atoms with van der Waals surface area (Å²) in [6, 6.07) is 9.90. The number of carbonyl (C=O) groups excluding carboxylic acids is 1. The average Bonchev–Trinajstić information content (AvgIpc) is 3.24. The highest BCUT2D eigenvalue weighted by Gasteiger charge is 2.31. The molecule has 3 heterocycles. The van der Waals surface area contributed by atoms with E-state index < -0.39 is 0 Å². The topological polar surface area (TPSA) is 70.7 Å². The number of hydrogen-bond donors (Lipinski definition) is 1. The van der Waals surface area contributed by atoms with E-state index in [1.165, 1.54) is 11.8 Å². The van der Waals surface area contributed by atoms with E-state index in [0.717, 1.165) is 28.4 Å². The van der Waals surface area contributed by atoms with E-state index >= 15 is 0 Å². The predicted molar refractivity (Wildman–Crippen MR) is 113 cm³/mol. The number of nitrogens with zero attached hydrogens (tertiary/aromatic N) is 3. The van der Waals surface area contributed by atoms with Crippen LogP contribution in [0.4, 0.5) is 0 Å². The molecule has 28 heavy (non-hydrogen) atoms. The van der Waals surface area contributed by atoms with E-state index in [9.17, 15) is 4.79 Å². The summed E-state index contributed by atoms with van der Waals surface area (Å²) in [5.74, 6) is 0.573. The summed E-state index contributed by atoms with van der Waals surface area (Å²) in [4.78, 5) is 18.2. The fourth-order valence-corrected chi connectivity index (χ4v) is 4.12. The van der Waals surface area contributed by atoms with Crippen molar-refractivity contribution in [3.63, 3.8) is 0 Å². The Labute approximate surface area is 167 Å². The van der Waals surface area contributed by atoms with Crippen LogP contribution >= 0.6 is 11.8 Å². The number of amidine groups is 2. The molecular weight excluding hydrogens is 372 g/mol. The lowest BCUT2D eigenvalue weighted by Crippen LogP contribution is -2.35. The number of rotatable bonds is 4. The second kappa shape index (κ2) is 7.16. The Morgan fingerprint density at radius 3 is 2.86 bits per heavy atom. The van der Waals surface area contributed by atoms with E-state index in [1.807, 2.05) is 56.5 Å². The maximum Gasteiger partial charge on any atom is 0.283 e. The molecule has 1 amide bonds. The number of hydrogen-bond acceptors (Lipinski definition) is 4. The first-order valence-electron chi connectivity index (χ1n) is 8.98. The molecule has 0 bridgehead atoms. The van der Waals surface area contributed by atoms with Crippen LogP contribution in [0.25, 0.3) is 11.8 Å². The van der Waals surface area contributed by atoms with Gasteiger partial charge in [-0.1, -0.05) is 23.9 Å². The molecule has 4 rings (SSSR count). The number of aliphatic imine (C=N–C) groups is 1. The first-order valence-corrected chi connectivity index (χ1v) is 9.86. The third-order valence-electron chi connectivity index (χ3n) is 4.69. The van der Waals surface area contributed by atoms with E-state index in [0.29, 0.717) is 11.8 Å². The minimum atomic E-state index is -0.382. The maximum atomic E-state index is 12.5. The van der Waals surface area contributed by atoms with Crippen LogP contribution in [0.15, 0.2) is 52.5 Å². The number of aromatic nitrogens is 1. The number of fused-ring (bicyclic) bond motifs is 1. The van der Waals surface area contributed by atoms with Crippen molar-refractivity contribution in [2.24, 2.45) is 4.99 Å². The summed E-state index contributed by atoms with van der Waals surface area (Å²) in [5.41, 5.74) is 4.11. The number of amides is 1. The largest absolute Gasteiger partial charge is 0.492 e. The van der Waals surface area contributed by atoms with Crippen molar-refractivity contribution >= 4 is 34.7 Å². The predicted octanol–water partition coefficient (Wildman–Crippen LogP) is 4.27. The Morgan fingerprint density at radius 1 is 1.29 bits per heavy atom. The van der Waals surface area contributed by atoms with Crippen LogP contribution in [0.1, 0.15) is 23.9 Å². The normalized spacial score (nSPS) is 17.3. The van der Waals surface area contributed by atoms with Crippen molar-refractivity contribution in [3.8, 4) is 11.4 Å². The Kier molecular flexibility index (Phi) is 4.68. The number of carbonyl (C=O) groups is 1. The van der Waals surface area contributed by atoms with Crippen LogP contribution in [0.2, 0.25) is 0 Å². The number of benzene rings is 1. The quantitative estimate of drug-likeness (QED) is 0.789. The zero-order valence-corrected chi connectivity index (χ0v) is 16.7. The summed E-state index contributed by atoms with van der Waals surface area (Å²) in [7, 11) is 0. The third kappa shape index (κ3) is 2.97. The Bertz CT molecular complexity index is 1080. The van der Waals surface area contributed by atoms with Crippen LogP contribution < -0.4 is 4.74 Å². The number of para-hydroxylation sites is 2. The van der Waals surface area contributed by atoms with Crippen molar-refractivity contribution in [1.82, 2.24) is 9.47 Å². The number of thioether (sulfide) groups is 1. The summed E-state index contributed by atoms with van der Waals surface area (Å²) < 4.78 is 7.89. The van der Waals surface area contributed by atoms with Crippen LogP contribution in [-0.4, -0.2) is 33.0 Å². The van der Waals surface area contributed by atoms with Gasteiger partial charge in [0.2, 0.25) is 0 Å². The third-order valence-corrected chi connectivity index (χ3v) is 5.45. The lowest BCUT2D eigenvalue weighted by atomic mass is 10.1. The highest BCUT2D eigenvalue weighted by Crippen LogP contribution is 2.31. The zero-order valence-electron chi connectivity index (χ0n) is 15.9. The number of ether oxygens (including phenoxy) is 1. The fraction of sp³-hybridized carbons (Fsp3) is 0.190. The molecule has 1 aromatic carbocycles. The van der Waals surface area contributed by atoms with Gasteiger partial charge in [0.1, 0.15) is 11.6 Å². The van der Waals surface area contributed by atoms with Gasteiger partial charge in [-0.2, -0.15) is 4.99 Å². The van der Waals surface area contributed by atoms with E-state index in [2.05, 4.69) is 9.56 Å². The number of nitrogens with one attached hydrogen (secondary N) is 1. The van der Waals surface area contributed by atoms with Gasteiger partial charge in [-0.05, 0) is 56.0 Å². The minimum Gasteiger partial charge on any atom is -0.492 e. The van der Waals surface area contributed by atoms with Crippen LogP contribution in [0.5, 0.6) is 5.75 Å². The molecule has 6 nitrogen and oxygen atoms in total.